The van der Waals surface area contributed by atoms with Crippen molar-refractivity contribution in [2.24, 2.45) is 0 Å². The van der Waals surface area contributed by atoms with Crippen molar-refractivity contribution >= 4 is 16.8 Å². The first-order valence-corrected chi connectivity index (χ1v) is 9.14. The Morgan fingerprint density at radius 1 is 1.21 bits per heavy atom. The maximum atomic E-state index is 12.2. The van der Waals surface area contributed by atoms with Gasteiger partial charge in [-0.3, -0.25) is 9.69 Å². The molecule has 0 spiro atoms. The minimum Gasteiger partial charge on any atom is -0.496 e. The van der Waals surface area contributed by atoms with E-state index in [9.17, 15) is 9.59 Å². The quantitative estimate of drug-likeness (QED) is 0.500. The first-order chi connectivity index (χ1) is 13.6. The summed E-state index contributed by atoms with van der Waals surface area (Å²) in [6.07, 6.45) is 0.811. The molecule has 0 atom stereocenters. The Balaban J connectivity index is 1.60. The van der Waals surface area contributed by atoms with Crippen molar-refractivity contribution in [3.8, 4) is 11.5 Å². The predicted molar refractivity (Wildman–Crippen MR) is 105 cm³/mol. The fourth-order valence-corrected chi connectivity index (χ4v) is 3.52. The van der Waals surface area contributed by atoms with E-state index in [1.165, 1.54) is 6.92 Å². The molecule has 3 aromatic rings. The summed E-state index contributed by atoms with van der Waals surface area (Å²) >= 11 is 0. The number of para-hydroxylation sites is 1. The summed E-state index contributed by atoms with van der Waals surface area (Å²) in [5.74, 6) is 1.27. The molecule has 6 heteroatoms. The van der Waals surface area contributed by atoms with Gasteiger partial charge in [0.2, 0.25) is 0 Å². The van der Waals surface area contributed by atoms with Gasteiger partial charge in [0.1, 0.15) is 29.4 Å². The Hall–Kier alpha value is -3.12. The van der Waals surface area contributed by atoms with Crippen LogP contribution in [-0.2, 0) is 13.0 Å². The van der Waals surface area contributed by atoms with Gasteiger partial charge in [0, 0.05) is 18.5 Å². The molecule has 6 nitrogen and oxygen atoms in total. The lowest BCUT2D eigenvalue weighted by Crippen LogP contribution is -2.33. The number of carbonyl (C=O) groups is 1. The van der Waals surface area contributed by atoms with Crippen LogP contribution in [-0.4, -0.2) is 31.1 Å². The molecule has 0 amide bonds. The van der Waals surface area contributed by atoms with Gasteiger partial charge >= 0.3 is 5.63 Å². The topological polar surface area (TPSA) is 69.0 Å². The van der Waals surface area contributed by atoms with E-state index in [-0.39, 0.29) is 11.3 Å². The van der Waals surface area contributed by atoms with E-state index in [0.717, 1.165) is 35.2 Å². The summed E-state index contributed by atoms with van der Waals surface area (Å²) in [5, 5.41) is 0.721. The van der Waals surface area contributed by atoms with Crippen LogP contribution in [0, 0.1) is 0 Å². The molecule has 0 aliphatic carbocycles. The molecule has 1 aliphatic rings. The van der Waals surface area contributed by atoms with Crippen molar-refractivity contribution in [2.75, 3.05) is 20.4 Å². The number of carbonyl (C=O) groups excluding carboxylic acids is 1. The highest BCUT2D eigenvalue weighted by Crippen LogP contribution is 2.32. The molecule has 0 saturated heterocycles. The second-order valence-corrected chi connectivity index (χ2v) is 6.85. The van der Waals surface area contributed by atoms with Gasteiger partial charge in [-0.05, 0) is 43.2 Å². The molecule has 28 heavy (non-hydrogen) atoms. The van der Waals surface area contributed by atoms with Crippen molar-refractivity contribution in [3.63, 3.8) is 0 Å². The molecule has 0 unspecified atom stereocenters. The van der Waals surface area contributed by atoms with Gasteiger partial charge in [-0.1, -0.05) is 18.2 Å². The maximum Gasteiger partial charge on any atom is 0.347 e. The minimum absolute atomic E-state index is 0.0669. The third-order valence-corrected chi connectivity index (χ3v) is 5.02. The molecule has 1 aromatic heterocycles. The molecule has 0 fully saturated rings. The molecule has 4 rings (SSSR count). The number of hydrogen-bond acceptors (Lipinski definition) is 6. The van der Waals surface area contributed by atoms with Gasteiger partial charge in [0.25, 0.3) is 0 Å². The van der Waals surface area contributed by atoms with Crippen molar-refractivity contribution in [2.45, 2.75) is 19.9 Å². The lowest BCUT2D eigenvalue weighted by atomic mass is 10.1. The summed E-state index contributed by atoms with van der Waals surface area (Å²) in [6.45, 7) is 3.19. The number of rotatable bonds is 5. The predicted octanol–water partition coefficient (Wildman–Crippen LogP) is 3.40. The van der Waals surface area contributed by atoms with E-state index >= 15 is 0 Å². The monoisotopic (exact) mass is 379 g/mol. The first kappa shape index (κ1) is 18.3. The lowest BCUT2D eigenvalue weighted by molar-refractivity contribution is 0.0965. The van der Waals surface area contributed by atoms with Crippen molar-refractivity contribution in [1.82, 2.24) is 4.90 Å². The summed E-state index contributed by atoms with van der Waals surface area (Å²) < 4.78 is 16.8. The third kappa shape index (κ3) is 3.39. The number of benzene rings is 2. The van der Waals surface area contributed by atoms with Crippen LogP contribution in [0.3, 0.4) is 0 Å². The average molecular weight is 379 g/mol. The minimum atomic E-state index is -0.612. The summed E-state index contributed by atoms with van der Waals surface area (Å²) in [7, 11) is 1.67. The smallest absolute Gasteiger partial charge is 0.347 e. The highest BCUT2D eigenvalue weighted by molar-refractivity contribution is 5.97. The van der Waals surface area contributed by atoms with Gasteiger partial charge in [-0.2, -0.15) is 0 Å². The summed E-state index contributed by atoms with van der Waals surface area (Å²) in [5.41, 5.74) is 1.90. The van der Waals surface area contributed by atoms with Gasteiger partial charge in [0.15, 0.2) is 5.78 Å². The fourth-order valence-electron chi connectivity index (χ4n) is 3.52. The second-order valence-electron chi connectivity index (χ2n) is 6.85. The van der Waals surface area contributed by atoms with Gasteiger partial charge < -0.3 is 13.9 Å². The standard InChI is InChI=1S/C22H21NO5/c1-14(24)17-11-16-7-8-20-18(21(16)28-22(17)25)12-23(13-27-20)10-9-15-5-3-4-6-19(15)26-2/h3-8,11H,9-10,12-13H2,1-2H3. The zero-order valence-corrected chi connectivity index (χ0v) is 15.9. The van der Waals surface area contributed by atoms with E-state index in [1.54, 1.807) is 13.2 Å². The second kappa shape index (κ2) is 7.48. The van der Waals surface area contributed by atoms with E-state index < -0.39 is 5.63 Å². The lowest BCUT2D eigenvalue weighted by Gasteiger charge is -2.29. The molecule has 2 heterocycles. The molecule has 2 aromatic carbocycles. The zero-order valence-electron chi connectivity index (χ0n) is 15.9. The van der Waals surface area contributed by atoms with E-state index in [0.29, 0.717) is 24.6 Å². The fraction of sp³-hybridized carbons (Fsp3) is 0.273. The zero-order chi connectivity index (χ0) is 19.7. The maximum absolute atomic E-state index is 12.2. The molecule has 0 N–H and O–H groups in total. The van der Waals surface area contributed by atoms with Crippen LogP contribution in [0.4, 0.5) is 0 Å². The Kier molecular flexibility index (Phi) is 4.88. The summed E-state index contributed by atoms with van der Waals surface area (Å²) in [4.78, 5) is 25.9. The molecule has 0 radical (unpaired) electrons. The van der Waals surface area contributed by atoms with Crippen LogP contribution in [0.1, 0.15) is 28.4 Å². The van der Waals surface area contributed by atoms with Gasteiger partial charge in [-0.25, -0.2) is 4.79 Å². The normalized spacial score (nSPS) is 13.8. The number of ether oxygens (including phenoxy) is 2. The number of hydrogen-bond donors (Lipinski definition) is 0. The Morgan fingerprint density at radius 3 is 2.82 bits per heavy atom. The Labute approximate surface area is 162 Å². The largest absolute Gasteiger partial charge is 0.496 e. The van der Waals surface area contributed by atoms with Gasteiger partial charge in [-0.15, -0.1) is 0 Å². The van der Waals surface area contributed by atoms with Gasteiger partial charge in [0.05, 0.1) is 12.7 Å². The van der Waals surface area contributed by atoms with E-state index in [1.807, 2.05) is 30.3 Å². The Morgan fingerprint density at radius 2 is 2.04 bits per heavy atom. The van der Waals surface area contributed by atoms with E-state index in [2.05, 4.69) is 11.0 Å². The van der Waals surface area contributed by atoms with Crippen molar-refractivity contribution in [1.29, 1.82) is 0 Å². The Bertz CT molecular complexity index is 1100. The van der Waals surface area contributed by atoms with Crippen LogP contribution in [0.5, 0.6) is 11.5 Å². The number of Topliss-reactive ketones (excluding diaryl/α,β-unsaturated/α-hetero) is 1. The van der Waals surface area contributed by atoms with Crippen molar-refractivity contribution in [3.05, 3.63) is 69.6 Å². The molecular formula is C22H21NO5. The van der Waals surface area contributed by atoms with Crippen LogP contribution < -0.4 is 15.1 Å². The number of ketones is 1. The number of nitrogens with zero attached hydrogens (tertiary/aromatic N) is 1. The van der Waals surface area contributed by atoms with Crippen molar-refractivity contribution < 1.29 is 18.7 Å². The summed E-state index contributed by atoms with van der Waals surface area (Å²) in [6, 6.07) is 13.2. The highest BCUT2D eigenvalue weighted by Gasteiger charge is 2.22. The molecule has 0 bridgehead atoms. The highest BCUT2D eigenvalue weighted by atomic mass is 16.5. The molecule has 1 aliphatic heterocycles. The van der Waals surface area contributed by atoms with Crippen LogP contribution >= 0.6 is 0 Å². The number of fused-ring (bicyclic) bond motifs is 3. The number of methoxy groups -OCH3 is 1. The molecule has 0 saturated carbocycles. The SMILES string of the molecule is COc1ccccc1CCN1COc2ccc3cc(C(C)=O)c(=O)oc3c2C1. The third-order valence-electron chi connectivity index (χ3n) is 5.02. The van der Waals surface area contributed by atoms with E-state index in [4.69, 9.17) is 13.9 Å². The molecule has 144 valence electrons. The molecular weight excluding hydrogens is 358 g/mol. The average Bonchev–Trinajstić information content (AvgIpc) is 2.71. The van der Waals surface area contributed by atoms with Crippen LogP contribution in [0.15, 0.2) is 51.7 Å². The van der Waals surface area contributed by atoms with Crippen LogP contribution in [0.25, 0.3) is 11.0 Å². The first-order valence-electron chi connectivity index (χ1n) is 9.14. The van der Waals surface area contributed by atoms with Crippen LogP contribution in [0.2, 0.25) is 0 Å².